The second-order valence-electron chi connectivity index (χ2n) is 5.58. The van der Waals surface area contributed by atoms with Crippen LogP contribution in [0.15, 0.2) is 18.2 Å². The van der Waals surface area contributed by atoms with Crippen LogP contribution in [-0.4, -0.2) is 48.2 Å². The first-order chi connectivity index (χ1) is 9.63. The molecule has 2 heterocycles. The predicted octanol–water partition coefficient (Wildman–Crippen LogP) is 1.69. The van der Waals surface area contributed by atoms with Gasteiger partial charge in [0.05, 0.1) is 12.6 Å². The Balaban J connectivity index is 1.66. The van der Waals surface area contributed by atoms with E-state index in [0.717, 1.165) is 43.1 Å². The Morgan fingerprint density at radius 3 is 3.05 bits per heavy atom. The van der Waals surface area contributed by atoms with Gasteiger partial charge in [0.15, 0.2) is 0 Å². The molecule has 1 N–H and O–H groups in total. The number of β-amino-alcohol motifs (C(OH)–C–C–N with tert-alkyl or cyclic N) is 1. The molecule has 1 atom stereocenters. The zero-order valence-electron chi connectivity index (χ0n) is 11.4. The van der Waals surface area contributed by atoms with E-state index in [1.807, 2.05) is 18.2 Å². The molecule has 1 aromatic rings. The fourth-order valence-electron chi connectivity index (χ4n) is 3.05. The summed E-state index contributed by atoms with van der Waals surface area (Å²) < 4.78 is 0. The first-order valence-corrected chi connectivity index (χ1v) is 7.50. The third-order valence-corrected chi connectivity index (χ3v) is 4.34. The number of benzene rings is 1. The van der Waals surface area contributed by atoms with Crippen LogP contribution >= 0.6 is 11.6 Å². The molecule has 0 spiro atoms. The second kappa shape index (κ2) is 5.62. The van der Waals surface area contributed by atoms with Crippen molar-refractivity contribution in [3.63, 3.8) is 0 Å². The van der Waals surface area contributed by atoms with E-state index < -0.39 is 0 Å². The van der Waals surface area contributed by atoms with Gasteiger partial charge in [-0.3, -0.25) is 4.79 Å². The molecule has 108 valence electrons. The number of nitrogens with zero attached hydrogens (tertiary/aromatic N) is 2. The number of carbonyl (C=O) groups is 1. The molecule has 1 amide bonds. The Kier molecular flexibility index (Phi) is 3.85. The van der Waals surface area contributed by atoms with E-state index in [0.29, 0.717) is 13.1 Å². The summed E-state index contributed by atoms with van der Waals surface area (Å²) in [4.78, 5) is 16.2. The molecule has 0 radical (unpaired) electrons. The summed E-state index contributed by atoms with van der Waals surface area (Å²) >= 11 is 5.99. The molecule has 1 saturated heterocycles. The van der Waals surface area contributed by atoms with E-state index in [4.69, 9.17) is 11.6 Å². The number of amides is 1. The molecule has 1 fully saturated rings. The van der Waals surface area contributed by atoms with Crippen LogP contribution in [0.25, 0.3) is 0 Å². The van der Waals surface area contributed by atoms with Crippen molar-refractivity contribution in [3.05, 3.63) is 28.8 Å². The molecule has 0 aromatic heterocycles. The minimum atomic E-state index is -0.364. The third-order valence-electron chi connectivity index (χ3n) is 4.11. The number of aliphatic hydroxyl groups excluding tert-OH is 1. The molecule has 0 bridgehead atoms. The Morgan fingerprint density at radius 1 is 1.40 bits per heavy atom. The lowest BCUT2D eigenvalue weighted by atomic mass is 10.1. The van der Waals surface area contributed by atoms with Gasteiger partial charge in [-0.2, -0.15) is 0 Å². The van der Waals surface area contributed by atoms with Gasteiger partial charge in [0.2, 0.25) is 5.91 Å². The average molecular weight is 295 g/mol. The Hall–Kier alpha value is -1.26. The van der Waals surface area contributed by atoms with E-state index in [2.05, 4.69) is 4.90 Å². The van der Waals surface area contributed by atoms with Gasteiger partial charge in [-0.15, -0.1) is 0 Å². The minimum absolute atomic E-state index is 0.103. The SMILES string of the molecule is O=C(CN1CCc2cc(Cl)ccc21)N1CCCC(O)C1. The van der Waals surface area contributed by atoms with Crippen molar-refractivity contribution >= 4 is 23.2 Å². The van der Waals surface area contributed by atoms with Crippen molar-refractivity contribution in [2.45, 2.75) is 25.4 Å². The number of aliphatic hydroxyl groups is 1. The summed E-state index contributed by atoms with van der Waals surface area (Å²) in [6, 6.07) is 5.84. The van der Waals surface area contributed by atoms with Crippen LogP contribution in [0.2, 0.25) is 5.02 Å². The first-order valence-electron chi connectivity index (χ1n) is 7.13. The van der Waals surface area contributed by atoms with E-state index in [1.54, 1.807) is 4.90 Å². The van der Waals surface area contributed by atoms with E-state index in [1.165, 1.54) is 5.56 Å². The summed E-state index contributed by atoms with van der Waals surface area (Å²) in [6.07, 6.45) is 2.26. The first kappa shape index (κ1) is 13.7. The largest absolute Gasteiger partial charge is 0.391 e. The van der Waals surface area contributed by atoms with Gasteiger partial charge in [-0.05, 0) is 43.0 Å². The molecule has 0 aliphatic carbocycles. The standard InChI is InChI=1S/C15H19ClN2O2/c16-12-3-4-14-11(8-12)5-7-17(14)10-15(20)18-6-1-2-13(19)9-18/h3-4,8,13,19H,1-2,5-7,9-10H2. The summed E-state index contributed by atoms with van der Waals surface area (Å²) in [6.45, 7) is 2.48. The van der Waals surface area contributed by atoms with Gasteiger partial charge in [-0.1, -0.05) is 11.6 Å². The number of hydrogen-bond acceptors (Lipinski definition) is 3. The van der Waals surface area contributed by atoms with E-state index in [9.17, 15) is 9.90 Å². The zero-order chi connectivity index (χ0) is 14.1. The Morgan fingerprint density at radius 2 is 2.25 bits per heavy atom. The number of hydrogen-bond donors (Lipinski definition) is 1. The quantitative estimate of drug-likeness (QED) is 0.903. The summed E-state index contributed by atoms with van der Waals surface area (Å²) in [5, 5.41) is 10.4. The van der Waals surface area contributed by atoms with Crippen molar-refractivity contribution in [1.29, 1.82) is 0 Å². The molecule has 1 aromatic carbocycles. The smallest absolute Gasteiger partial charge is 0.242 e. The number of rotatable bonds is 2. The second-order valence-corrected chi connectivity index (χ2v) is 6.02. The number of piperidine rings is 1. The van der Waals surface area contributed by atoms with Gasteiger partial charge in [0, 0.05) is 30.3 Å². The zero-order valence-corrected chi connectivity index (χ0v) is 12.1. The van der Waals surface area contributed by atoms with Crippen LogP contribution in [0.5, 0.6) is 0 Å². The highest BCUT2D eigenvalue weighted by molar-refractivity contribution is 6.30. The van der Waals surface area contributed by atoms with Crippen molar-refractivity contribution in [3.8, 4) is 0 Å². The molecule has 5 heteroatoms. The highest BCUT2D eigenvalue weighted by Gasteiger charge is 2.26. The molecule has 0 saturated carbocycles. The monoisotopic (exact) mass is 294 g/mol. The predicted molar refractivity (Wildman–Crippen MR) is 79.2 cm³/mol. The number of fused-ring (bicyclic) bond motifs is 1. The number of halogens is 1. The van der Waals surface area contributed by atoms with Crippen molar-refractivity contribution in [2.24, 2.45) is 0 Å². The molecule has 2 aliphatic heterocycles. The number of carbonyl (C=O) groups excluding carboxylic acids is 1. The van der Waals surface area contributed by atoms with Crippen molar-refractivity contribution in [1.82, 2.24) is 4.90 Å². The maximum atomic E-state index is 12.3. The van der Waals surface area contributed by atoms with Crippen LogP contribution < -0.4 is 4.90 Å². The highest BCUT2D eigenvalue weighted by Crippen LogP contribution is 2.30. The molecule has 4 nitrogen and oxygen atoms in total. The third kappa shape index (κ3) is 2.76. The maximum Gasteiger partial charge on any atom is 0.242 e. The lowest BCUT2D eigenvalue weighted by Crippen LogP contribution is -2.46. The van der Waals surface area contributed by atoms with Gasteiger partial charge >= 0.3 is 0 Å². The highest BCUT2D eigenvalue weighted by atomic mass is 35.5. The molecular weight excluding hydrogens is 276 g/mol. The van der Waals surface area contributed by atoms with Crippen LogP contribution in [-0.2, 0) is 11.2 Å². The normalized spacial score (nSPS) is 22.0. The van der Waals surface area contributed by atoms with Crippen LogP contribution in [0, 0.1) is 0 Å². The van der Waals surface area contributed by atoms with Gasteiger partial charge < -0.3 is 14.9 Å². The maximum absolute atomic E-state index is 12.3. The van der Waals surface area contributed by atoms with Crippen molar-refractivity contribution < 1.29 is 9.90 Å². The minimum Gasteiger partial charge on any atom is -0.391 e. The van der Waals surface area contributed by atoms with E-state index >= 15 is 0 Å². The van der Waals surface area contributed by atoms with Crippen LogP contribution in [0.1, 0.15) is 18.4 Å². The van der Waals surface area contributed by atoms with Gasteiger partial charge in [-0.25, -0.2) is 0 Å². The molecule has 2 aliphatic rings. The molecule has 1 unspecified atom stereocenters. The van der Waals surface area contributed by atoms with Gasteiger partial charge in [0.1, 0.15) is 0 Å². The topological polar surface area (TPSA) is 43.8 Å². The van der Waals surface area contributed by atoms with Crippen molar-refractivity contribution in [2.75, 3.05) is 31.1 Å². The fraction of sp³-hybridized carbons (Fsp3) is 0.533. The summed E-state index contributed by atoms with van der Waals surface area (Å²) in [5.74, 6) is 0.103. The van der Waals surface area contributed by atoms with Crippen LogP contribution in [0.3, 0.4) is 0 Å². The number of anilines is 1. The van der Waals surface area contributed by atoms with E-state index in [-0.39, 0.29) is 12.0 Å². The van der Waals surface area contributed by atoms with Gasteiger partial charge in [0.25, 0.3) is 0 Å². The Bertz CT molecular complexity index is 521. The number of likely N-dealkylation sites (tertiary alicyclic amines) is 1. The average Bonchev–Trinajstić information content (AvgIpc) is 2.81. The molecule has 3 rings (SSSR count). The molecule has 20 heavy (non-hydrogen) atoms. The lowest BCUT2D eigenvalue weighted by molar-refractivity contribution is -0.132. The summed E-state index contributed by atoms with van der Waals surface area (Å²) in [7, 11) is 0. The molecular formula is C15H19ClN2O2. The lowest BCUT2D eigenvalue weighted by Gasteiger charge is -2.32. The Labute approximate surface area is 123 Å². The fourth-order valence-corrected chi connectivity index (χ4v) is 3.24. The summed E-state index contributed by atoms with van der Waals surface area (Å²) in [5.41, 5.74) is 2.32. The van der Waals surface area contributed by atoms with Crippen LogP contribution in [0.4, 0.5) is 5.69 Å².